The summed E-state index contributed by atoms with van der Waals surface area (Å²) in [6.07, 6.45) is 0.615. The SMILES string of the molecule is CC[C@@H](NS(=O)(=O)c1c(C)noc1C)c1ccc(Cl)cc1. The topological polar surface area (TPSA) is 72.2 Å². The van der Waals surface area contributed by atoms with Gasteiger partial charge in [-0.3, -0.25) is 0 Å². The highest BCUT2D eigenvalue weighted by Crippen LogP contribution is 2.24. The van der Waals surface area contributed by atoms with Crippen molar-refractivity contribution in [3.8, 4) is 0 Å². The zero-order chi connectivity index (χ0) is 15.6. The Hall–Kier alpha value is -1.37. The highest BCUT2D eigenvalue weighted by Gasteiger charge is 2.27. The van der Waals surface area contributed by atoms with Crippen molar-refractivity contribution < 1.29 is 12.9 Å². The normalized spacial score (nSPS) is 13.3. The van der Waals surface area contributed by atoms with E-state index in [1.165, 1.54) is 0 Å². The maximum atomic E-state index is 12.5. The number of hydrogen-bond donors (Lipinski definition) is 1. The molecule has 1 aromatic carbocycles. The molecule has 0 fully saturated rings. The fourth-order valence-corrected chi connectivity index (χ4v) is 3.95. The quantitative estimate of drug-likeness (QED) is 0.913. The summed E-state index contributed by atoms with van der Waals surface area (Å²) in [5.41, 5.74) is 1.21. The lowest BCUT2D eigenvalue weighted by atomic mass is 10.1. The summed E-state index contributed by atoms with van der Waals surface area (Å²) >= 11 is 5.86. The number of hydrogen-bond acceptors (Lipinski definition) is 4. The molecule has 0 saturated heterocycles. The van der Waals surface area contributed by atoms with Crippen LogP contribution in [0.25, 0.3) is 0 Å². The lowest BCUT2D eigenvalue weighted by Crippen LogP contribution is -2.29. The maximum absolute atomic E-state index is 12.5. The number of halogens is 1. The lowest BCUT2D eigenvalue weighted by molar-refractivity contribution is 0.390. The molecule has 7 heteroatoms. The number of sulfonamides is 1. The van der Waals surface area contributed by atoms with Gasteiger partial charge in [0.05, 0.1) is 0 Å². The van der Waals surface area contributed by atoms with Gasteiger partial charge in [-0.05, 0) is 38.0 Å². The first-order chi connectivity index (χ1) is 9.85. The van der Waals surface area contributed by atoms with E-state index >= 15 is 0 Å². The van der Waals surface area contributed by atoms with E-state index in [9.17, 15) is 8.42 Å². The third-order valence-corrected chi connectivity index (χ3v) is 5.18. The van der Waals surface area contributed by atoms with Gasteiger partial charge in [0.1, 0.15) is 10.6 Å². The molecule has 0 aliphatic carbocycles. The Balaban J connectivity index is 2.32. The molecule has 0 saturated carbocycles. The summed E-state index contributed by atoms with van der Waals surface area (Å²) in [4.78, 5) is 0.106. The molecular weight excluding hydrogens is 312 g/mol. The molecular formula is C14H17ClN2O3S. The summed E-state index contributed by atoms with van der Waals surface area (Å²) in [6.45, 7) is 5.10. The highest BCUT2D eigenvalue weighted by molar-refractivity contribution is 7.89. The Morgan fingerprint density at radius 3 is 2.38 bits per heavy atom. The molecule has 0 aliphatic heterocycles. The molecule has 1 atom stereocenters. The first kappa shape index (κ1) is 16.0. The van der Waals surface area contributed by atoms with E-state index in [1.54, 1.807) is 26.0 Å². The van der Waals surface area contributed by atoms with Crippen LogP contribution in [0.15, 0.2) is 33.7 Å². The van der Waals surface area contributed by atoms with Gasteiger partial charge in [-0.1, -0.05) is 35.8 Å². The third kappa shape index (κ3) is 3.45. The molecule has 0 bridgehead atoms. The minimum absolute atomic E-state index is 0.106. The van der Waals surface area contributed by atoms with Gasteiger partial charge in [0.15, 0.2) is 5.76 Å². The second-order valence-electron chi connectivity index (χ2n) is 4.79. The van der Waals surface area contributed by atoms with Crippen LogP contribution in [0.3, 0.4) is 0 Å². The summed E-state index contributed by atoms with van der Waals surface area (Å²) in [6, 6.07) is 6.77. The molecule has 1 N–H and O–H groups in total. The Morgan fingerprint density at radius 1 is 1.29 bits per heavy atom. The number of aromatic nitrogens is 1. The van der Waals surface area contributed by atoms with Crippen molar-refractivity contribution in [3.63, 3.8) is 0 Å². The molecule has 0 radical (unpaired) electrons. The number of nitrogens with one attached hydrogen (secondary N) is 1. The van der Waals surface area contributed by atoms with E-state index < -0.39 is 10.0 Å². The number of nitrogens with zero attached hydrogens (tertiary/aromatic N) is 1. The van der Waals surface area contributed by atoms with Crippen LogP contribution in [-0.2, 0) is 10.0 Å². The van der Waals surface area contributed by atoms with Crippen molar-refractivity contribution in [1.82, 2.24) is 9.88 Å². The molecule has 1 aromatic heterocycles. The average molecular weight is 329 g/mol. The Kier molecular flexibility index (Phi) is 4.70. The minimum atomic E-state index is -3.69. The van der Waals surface area contributed by atoms with Gasteiger partial charge in [0.2, 0.25) is 10.0 Å². The van der Waals surface area contributed by atoms with Crippen LogP contribution in [0.4, 0.5) is 0 Å². The number of aryl methyl sites for hydroxylation is 2. The van der Waals surface area contributed by atoms with Crippen LogP contribution >= 0.6 is 11.6 Å². The first-order valence-corrected chi connectivity index (χ1v) is 8.42. The van der Waals surface area contributed by atoms with Crippen LogP contribution in [0.1, 0.15) is 36.4 Å². The van der Waals surface area contributed by atoms with Crippen LogP contribution in [0.5, 0.6) is 0 Å². The Bertz CT molecular complexity index is 704. The van der Waals surface area contributed by atoms with Gasteiger partial charge in [-0.15, -0.1) is 0 Å². The molecule has 2 aromatic rings. The van der Waals surface area contributed by atoms with Crippen LogP contribution < -0.4 is 4.72 Å². The fraction of sp³-hybridized carbons (Fsp3) is 0.357. The molecule has 1 heterocycles. The van der Waals surface area contributed by atoms with Crippen molar-refractivity contribution >= 4 is 21.6 Å². The third-order valence-electron chi connectivity index (χ3n) is 3.21. The van der Waals surface area contributed by atoms with E-state index in [1.807, 2.05) is 19.1 Å². The standard InChI is InChI=1S/C14H17ClN2O3S/c1-4-13(11-5-7-12(15)8-6-11)17-21(18,19)14-9(2)16-20-10(14)3/h5-8,13,17H,4H2,1-3H3/t13-/m1/s1. The van der Waals surface area contributed by atoms with Crippen molar-refractivity contribution in [2.24, 2.45) is 0 Å². The summed E-state index contributed by atoms with van der Waals surface area (Å²) in [5.74, 6) is 0.283. The van der Waals surface area contributed by atoms with Gasteiger partial charge >= 0.3 is 0 Å². The zero-order valence-corrected chi connectivity index (χ0v) is 13.6. The first-order valence-electron chi connectivity index (χ1n) is 6.55. The smallest absolute Gasteiger partial charge is 0.246 e. The molecule has 0 spiro atoms. The summed E-state index contributed by atoms with van der Waals surface area (Å²) in [5, 5.41) is 4.30. The predicted molar refractivity (Wildman–Crippen MR) is 80.8 cm³/mol. The van der Waals surface area contributed by atoms with Crippen LogP contribution in [0, 0.1) is 13.8 Å². The van der Waals surface area contributed by atoms with Crippen molar-refractivity contribution in [1.29, 1.82) is 0 Å². The van der Waals surface area contributed by atoms with Gasteiger partial charge in [0.25, 0.3) is 0 Å². The minimum Gasteiger partial charge on any atom is -0.360 e. The fourth-order valence-electron chi connectivity index (χ4n) is 2.19. The molecule has 5 nitrogen and oxygen atoms in total. The summed E-state index contributed by atoms with van der Waals surface area (Å²) in [7, 11) is -3.69. The van der Waals surface area contributed by atoms with Crippen molar-refractivity contribution in [2.75, 3.05) is 0 Å². The average Bonchev–Trinajstić information content (AvgIpc) is 2.77. The van der Waals surface area contributed by atoms with Crippen molar-refractivity contribution in [3.05, 3.63) is 46.3 Å². The molecule has 0 aliphatic rings. The molecule has 114 valence electrons. The Labute approximate surface area is 129 Å². The van der Waals surface area contributed by atoms with Crippen LogP contribution in [-0.4, -0.2) is 13.6 Å². The largest absolute Gasteiger partial charge is 0.360 e. The van der Waals surface area contributed by atoms with E-state index in [0.29, 0.717) is 17.1 Å². The van der Waals surface area contributed by atoms with Gasteiger partial charge in [-0.25, -0.2) is 13.1 Å². The second-order valence-corrected chi connectivity index (χ2v) is 6.87. The number of benzene rings is 1. The molecule has 0 unspecified atom stereocenters. The predicted octanol–water partition coefficient (Wildman–Crippen LogP) is 3.37. The lowest BCUT2D eigenvalue weighted by Gasteiger charge is -2.17. The second kappa shape index (κ2) is 6.17. The van der Waals surface area contributed by atoms with E-state index in [-0.39, 0.29) is 16.7 Å². The van der Waals surface area contributed by atoms with Crippen molar-refractivity contribution in [2.45, 2.75) is 38.1 Å². The van der Waals surface area contributed by atoms with E-state index in [2.05, 4.69) is 9.88 Å². The zero-order valence-electron chi connectivity index (χ0n) is 12.1. The van der Waals surface area contributed by atoms with Gasteiger partial charge in [0, 0.05) is 11.1 Å². The van der Waals surface area contributed by atoms with E-state index in [0.717, 1.165) is 5.56 Å². The monoisotopic (exact) mass is 328 g/mol. The summed E-state index contributed by atoms with van der Waals surface area (Å²) < 4.78 is 32.6. The Morgan fingerprint density at radius 2 is 1.90 bits per heavy atom. The maximum Gasteiger partial charge on any atom is 0.246 e. The highest BCUT2D eigenvalue weighted by atomic mass is 35.5. The molecule has 21 heavy (non-hydrogen) atoms. The van der Waals surface area contributed by atoms with Gasteiger partial charge < -0.3 is 4.52 Å². The molecule has 0 amide bonds. The number of rotatable bonds is 5. The van der Waals surface area contributed by atoms with Gasteiger partial charge in [-0.2, -0.15) is 0 Å². The molecule has 2 rings (SSSR count). The van der Waals surface area contributed by atoms with Crippen LogP contribution in [0.2, 0.25) is 5.02 Å². The van der Waals surface area contributed by atoms with E-state index in [4.69, 9.17) is 16.1 Å².